The van der Waals surface area contributed by atoms with Crippen LogP contribution in [0, 0.1) is 0 Å². The smallest absolute Gasteiger partial charge is 0.306 e. The van der Waals surface area contributed by atoms with Crippen LogP contribution in [0.3, 0.4) is 0 Å². The summed E-state index contributed by atoms with van der Waals surface area (Å²) in [5, 5.41) is 10.1. The van der Waals surface area contributed by atoms with Gasteiger partial charge in [0.2, 0.25) is 0 Å². The molecular formula is C50H82NO9P. The van der Waals surface area contributed by atoms with Gasteiger partial charge in [0.25, 0.3) is 7.82 Å². The highest BCUT2D eigenvalue weighted by atomic mass is 31.2. The predicted molar refractivity (Wildman–Crippen MR) is 251 cm³/mol. The molecule has 0 fully saturated rings. The monoisotopic (exact) mass is 872 g/mol. The molecule has 0 aromatic heterocycles. The van der Waals surface area contributed by atoms with E-state index in [1.54, 1.807) is 6.08 Å². The molecule has 0 spiro atoms. The minimum Gasteiger partial charge on any atom is -0.756 e. The number of ether oxygens (including phenoxy) is 2. The summed E-state index contributed by atoms with van der Waals surface area (Å²) >= 11 is 0. The molecule has 3 atom stereocenters. The summed E-state index contributed by atoms with van der Waals surface area (Å²) < 4.78 is 33.8. The number of allylic oxidation sites excluding steroid dienone is 16. The van der Waals surface area contributed by atoms with Gasteiger partial charge in [0.15, 0.2) is 6.10 Å². The average molecular weight is 872 g/mol. The molecule has 0 rings (SSSR count). The highest BCUT2D eigenvalue weighted by molar-refractivity contribution is 7.45. The van der Waals surface area contributed by atoms with Crippen LogP contribution in [0.25, 0.3) is 0 Å². The standard InChI is InChI=1S/C50H82NO9P/c1-6-8-10-12-14-15-16-17-18-19-20-21-22-23-24-25-29-33-37-41-49(53)57-45-48(46-59-61(55,56)58-44-43-51(3,4)5)60-50(54)42-38-34-30-27-26-28-32-36-40-47(52)39-35-31-13-11-9-7-2/h8,10,14-15,17-18,20-21,23-24,27-28,30-32,35-36,40,47-48,52H,6-7,9,11-13,16,19,22,25-26,29,33-34,37-39,41-46H2,1-5H3/b10-8-,15-14-,18-17-,21-20-,24-23-,30-27-,32-28-,35-31-,40-36+/t47-,48+/m0/s1. The van der Waals surface area contributed by atoms with Crippen molar-refractivity contribution >= 4 is 19.8 Å². The Morgan fingerprint density at radius 3 is 1.77 bits per heavy atom. The molecule has 0 heterocycles. The van der Waals surface area contributed by atoms with E-state index in [9.17, 15) is 24.2 Å². The van der Waals surface area contributed by atoms with Gasteiger partial charge in [0, 0.05) is 12.8 Å². The number of rotatable bonds is 39. The Morgan fingerprint density at radius 2 is 1.16 bits per heavy atom. The molecule has 1 N–H and O–H groups in total. The number of nitrogens with zero attached hydrogens (tertiary/aromatic N) is 1. The molecule has 0 bridgehead atoms. The highest BCUT2D eigenvalue weighted by Crippen LogP contribution is 2.38. The summed E-state index contributed by atoms with van der Waals surface area (Å²) in [6, 6.07) is 0. The van der Waals surface area contributed by atoms with E-state index in [0.29, 0.717) is 43.1 Å². The maximum Gasteiger partial charge on any atom is 0.306 e. The number of unbranched alkanes of at least 4 members (excludes halogenated alkanes) is 7. The van der Waals surface area contributed by atoms with Crippen LogP contribution in [0.4, 0.5) is 0 Å². The third-order valence-corrected chi connectivity index (χ3v) is 9.82. The van der Waals surface area contributed by atoms with Gasteiger partial charge < -0.3 is 33.0 Å². The number of carbonyl (C=O) groups is 2. The second-order valence-corrected chi connectivity index (χ2v) is 17.3. The number of aliphatic hydroxyl groups is 1. The lowest BCUT2D eigenvalue weighted by atomic mass is 10.1. The van der Waals surface area contributed by atoms with Crippen molar-refractivity contribution in [3.63, 3.8) is 0 Å². The zero-order valence-electron chi connectivity index (χ0n) is 38.4. The summed E-state index contributed by atoms with van der Waals surface area (Å²) in [5.74, 6) is -0.990. The van der Waals surface area contributed by atoms with Gasteiger partial charge in [-0.3, -0.25) is 14.2 Å². The summed E-state index contributed by atoms with van der Waals surface area (Å²) in [6.45, 7) is 3.85. The zero-order valence-corrected chi connectivity index (χ0v) is 39.3. The van der Waals surface area contributed by atoms with Gasteiger partial charge in [0.05, 0.1) is 33.9 Å². The molecule has 0 aliphatic rings. The van der Waals surface area contributed by atoms with Crippen LogP contribution in [0.2, 0.25) is 0 Å². The van der Waals surface area contributed by atoms with Crippen LogP contribution in [-0.2, 0) is 32.7 Å². The van der Waals surface area contributed by atoms with E-state index in [2.05, 4.69) is 80.7 Å². The molecule has 0 aromatic rings. The molecular weight excluding hydrogens is 790 g/mol. The molecule has 0 aromatic carbocycles. The summed E-state index contributed by atoms with van der Waals surface area (Å²) in [4.78, 5) is 37.6. The molecule has 0 amide bonds. The van der Waals surface area contributed by atoms with Crippen molar-refractivity contribution in [2.24, 2.45) is 0 Å². The van der Waals surface area contributed by atoms with E-state index in [0.717, 1.165) is 57.8 Å². The molecule has 10 nitrogen and oxygen atoms in total. The molecule has 61 heavy (non-hydrogen) atoms. The number of hydrogen-bond acceptors (Lipinski definition) is 9. The van der Waals surface area contributed by atoms with Crippen molar-refractivity contribution in [2.75, 3.05) is 47.5 Å². The second-order valence-electron chi connectivity index (χ2n) is 15.9. The fourth-order valence-electron chi connectivity index (χ4n) is 5.28. The molecule has 0 saturated carbocycles. The topological polar surface area (TPSA) is 131 Å². The van der Waals surface area contributed by atoms with Gasteiger partial charge in [-0.15, -0.1) is 0 Å². The minimum atomic E-state index is -4.67. The Balaban J connectivity index is 4.58. The van der Waals surface area contributed by atoms with Crippen molar-refractivity contribution < 1.29 is 47.2 Å². The SMILES string of the molecule is CC/C=C\C/C=C\C/C=C\C/C=C\C/C=C\CCCCCC(=O)OC[C@H](COP(=O)([O-])OCC[N+](C)(C)C)OC(=O)CCC/C=C\C/C=C\C=C\[C@@H](O)C/C=C\CCCCC. The number of aliphatic hydroxyl groups excluding tert-OH is 1. The molecule has 0 radical (unpaired) electrons. The van der Waals surface area contributed by atoms with Crippen LogP contribution in [0.1, 0.15) is 136 Å². The van der Waals surface area contributed by atoms with Crippen LogP contribution in [0.15, 0.2) is 109 Å². The number of phosphoric ester groups is 1. The van der Waals surface area contributed by atoms with Gasteiger partial charge in [-0.2, -0.15) is 0 Å². The number of esters is 2. The Morgan fingerprint density at radius 1 is 0.623 bits per heavy atom. The molecule has 1 unspecified atom stereocenters. The van der Waals surface area contributed by atoms with Crippen molar-refractivity contribution in [3.8, 4) is 0 Å². The Bertz CT molecular complexity index is 1420. The number of phosphoric acid groups is 1. The van der Waals surface area contributed by atoms with E-state index < -0.39 is 38.6 Å². The first-order chi connectivity index (χ1) is 29.4. The number of hydrogen-bond donors (Lipinski definition) is 1. The maximum absolute atomic E-state index is 12.7. The number of carbonyl (C=O) groups excluding carboxylic acids is 2. The molecule has 346 valence electrons. The summed E-state index contributed by atoms with van der Waals surface area (Å²) in [6.07, 6.45) is 51.5. The van der Waals surface area contributed by atoms with E-state index in [1.807, 2.05) is 57.6 Å². The van der Waals surface area contributed by atoms with E-state index in [4.69, 9.17) is 18.5 Å². The average Bonchev–Trinajstić information content (AvgIpc) is 3.21. The fourth-order valence-corrected chi connectivity index (χ4v) is 6.01. The largest absolute Gasteiger partial charge is 0.756 e. The summed E-state index contributed by atoms with van der Waals surface area (Å²) in [5.41, 5.74) is 0. The van der Waals surface area contributed by atoms with Crippen molar-refractivity contribution in [2.45, 2.75) is 148 Å². The van der Waals surface area contributed by atoms with Crippen LogP contribution in [0.5, 0.6) is 0 Å². The number of likely N-dealkylation sites (N-methyl/N-ethyl adjacent to an activating group) is 1. The van der Waals surface area contributed by atoms with Gasteiger partial charge >= 0.3 is 11.9 Å². The zero-order chi connectivity index (χ0) is 45.1. The van der Waals surface area contributed by atoms with E-state index in [1.165, 1.54) is 19.3 Å². The lowest BCUT2D eigenvalue weighted by molar-refractivity contribution is -0.870. The van der Waals surface area contributed by atoms with E-state index in [-0.39, 0.29) is 26.1 Å². The lowest BCUT2D eigenvalue weighted by Crippen LogP contribution is -2.37. The first-order valence-electron chi connectivity index (χ1n) is 22.7. The first kappa shape index (κ1) is 57.6. The van der Waals surface area contributed by atoms with Crippen LogP contribution >= 0.6 is 7.82 Å². The molecule has 0 saturated heterocycles. The molecule has 11 heteroatoms. The van der Waals surface area contributed by atoms with Gasteiger partial charge in [-0.05, 0) is 89.9 Å². The van der Waals surface area contributed by atoms with Crippen LogP contribution in [-0.4, -0.2) is 81.2 Å². The molecule has 0 aliphatic heterocycles. The Kier molecular flexibility index (Phi) is 38.4. The van der Waals surface area contributed by atoms with Gasteiger partial charge in [-0.1, -0.05) is 142 Å². The third kappa shape index (κ3) is 44.5. The minimum absolute atomic E-state index is 0.0644. The maximum atomic E-state index is 12.7. The fraction of sp³-hybridized carbons (Fsp3) is 0.600. The Hall–Kier alpha value is -3.37. The number of quaternary nitrogens is 1. The van der Waals surface area contributed by atoms with Crippen LogP contribution < -0.4 is 4.89 Å². The van der Waals surface area contributed by atoms with Gasteiger partial charge in [0.1, 0.15) is 19.8 Å². The highest BCUT2D eigenvalue weighted by Gasteiger charge is 2.21. The van der Waals surface area contributed by atoms with Crippen molar-refractivity contribution in [3.05, 3.63) is 109 Å². The van der Waals surface area contributed by atoms with E-state index >= 15 is 0 Å². The Labute approximate surface area is 370 Å². The first-order valence-corrected chi connectivity index (χ1v) is 24.2. The molecule has 0 aliphatic carbocycles. The lowest BCUT2D eigenvalue weighted by Gasteiger charge is -2.28. The third-order valence-electron chi connectivity index (χ3n) is 8.86. The van der Waals surface area contributed by atoms with Crippen molar-refractivity contribution in [1.29, 1.82) is 0 Å². The second kappa shape index (κ2) is 40.7. The summed E-state index contributed by atoms with van der Waals surface area (Å²) in [7, 11) is 1.05. The predicted octanol–water partition coefficient (Wildman–Crippen LogP) is 11.5. The quantitative estimate of drug-likeness (QED) is 0.0160. The van der Waals surface area contributed by atoms with Gasteiger partial charge in [-0.25, -0.2) is 0 Å². The van der Waals surface area contributed by atoms with Crippen molar-refractivity contribution in [1.82, 2.24) is 0 Å². The normalized spacial score (nSPS) is 15.1.